The molecule has 0 atom stereocenters. The fraction of sp³-hybridized carbons (Fsp3) is 0.636. The van der Waals surface area contributed by atoms with Crippen molar-refractivity contribution in [2.45, 2.75) is 45.4 Å². The Balaban J connectivity index is 0. The van der Waals surface area contributed by atoms with E-state index >= 15 is 0 Å². The molecule has 1 N–H and O–H groups in total. The summed E-state index contributed by atoms with van der Waals surface area (Å²) in [5.74, 6) is 0. The first kappa shape index (κ1) is 15.4. The number of hydrogen-bond acceptors (Lipinski definition) is 1. The molecule has 0 unspecified atom stereocenters. The molecule has 13 heavy (non-hydrogen) atoms. The van der Waals surface area contributed by atoms with Gasteiger partial charge in [0.25, 0.3) is 0 Å². The van der Waals surface area contributed by atoms with E-state index in [-0.39, 0.29) is 18.9 Å². The van der Waals surface area contributed by atoms with Crippen LogP contribution in [-0.4, -0.2) is 5.71 Å². The van der Waals surface area contributed by atoms with Crippen molar-refractivity contribution < 1.29 is 18.9 Å². The van der Waals surface area contributed by atoms with E-state index in [0.717, 1.165) is 18.6 Å². The molecule has 0 aromatic heterocycles. The Morgan fingerprint density at radius 1 is 1.31 bits per heavy atom. The second kappa shape index (κ2) is 11.9. The Morgan fingerprint density at radius 3 is 2.54 bits per heavy atom. The van der Waals surface area contributed by atoms with Crippen LogP contribution >= 0.6 is 0 Å². The maximum atomic E-state index is 7.55. The van der Waals surface area contributed by atoms with E-state index in [1.807, 2.05) is 6.08 Å². The molecule has 0 bridgehead atoms. The zero-order chi connectivity index (χ0) is 9.23. The van der Waals surface area contributed by atoms with E-state index in [9.17, 15) is 0 Å². The van der Waals surface area contributed by atoms with Crippen molar-refractivity contribution in [1.29, 1.82) is 5.41 Å². The summed E-state index contributed by atoms with van der Waals surface area (Å²) in [6.07, 6.45) is 10.5. The van der Waals surface area contributed by atoms with Crippen LogP contribution in [0.4, 0.5) is 0 Å². The summed E-state index contributed by atoms with van der Waals surface area (Å²) in [6, 6.07) is 0. The molecule has 2 heteroatoms. The van der Waals surface area contributed by atoms with Crippen LogP contribution in [0, 0.1) is 12.3 Å². The van der Waals surface area contributed by atoms with Crippen molar-refractivity contribution in [3.8, 4) is 0 Å². The molecular weight excluding hydrogens is 153 g/mol. The van der Waals surface area contributed by atoms with Gasteiger partial charge in [0, 0.05) is 0 Å². The molecular formula is C11H20LiN. The summed E-state index contributed by atoms with van der Waals surface area (Å²) in [5.41, 5.74) is 0.839. The first-order valence-corrected chi connectivity index (χ1v) is 4.81. The summed E-state index contributed by atoms with van der Waals surface area (Å²) in [5, 5.41) is 7.55. The van der Waals surface area contributed by atoms with Crippen LogP contribution in [0.2, 0.25) is 0 Å². The van der Waals surface area contributed by atoms with E-state index in [1.165, 1.54) is 25.7 Å². The van der Waals surface area contributed by atoms with Crippen LogP contribution in [0.1, 0.15) is 45.4 Å². The normalized spacial score (nSPS) is 9.92. The van der Waals surface area contributed by atoms with Crippen LogP contribution in [-0.2, 0) is 0 Å². The van der Waals surface area contributed by atoms with E-state index in [1.54, 1.807) is 6.08 Å². The number of hydrogen-bond donors (Lipinski definition) is 1. The van der Waals surface area contributed by atoms with Gasteiger partial charge in [-0.1, -0.05) is 32.6 Å². The van der Waals surface area contributed by atoms with Gasteiger partial charge in [-0.25, -0.2) is 19.1 Å². The van der Waals surface area contributed by atoms with Gasteiger partial charge in [0.15, 0.2) is 0 Å². The van der Waals surface area contributed by atoms with Gasteiger partial charge in [0.1, 0.15) is 0 Å². The standard InChI is InChI=1S/C11H20N.Li/c1-3-5-7-8-10-11(12)9-6-4-2;/h4,6,12H,2-3,5,7-10H2,1H3;/q-1;+1. The molecule has 0 aliphatic rings. The summed E-state index contributed by atoms with van der Waals surface area (Å²) < 4.78 is 0. The molecule has 0 radical (unpaired) electrons. The van der Waals surface area contributed by atoms with Crippen molar-refractivity contribution in [2.75, 3.05) is 0 Å². The van der Waals surface area contributed by atoms with E-state index < -0.39 is 0 Å². The van der Waals surface area contributed by atoms with Crippen molar-refractivity contribution in [2.24, 2.45) is 0 Å². The van der Waals surface area contributed by atoms with Crippen LogP contribution in [0.5, 0.6) is 0 Å². The fourth-order valence-corrected chi connectivity index (χ4v) is 1.09. The zero-order valence-corrected chi connectivity index (χ0v) is 9.10. The van der Waals surface area contributed by atoms with Gasteiger partial charge in [-0.15, -0.1) is 0 Å². The third kappa shape index (κ3) is 11.9. The molecule has 0 rings (SSSR count). The summed E-state index contributed by atoms with van der Waals surface area (Å²) in [7, 11) is 0. The molecule has 0 fully saturated rings. The molecule has 70 valence electrons. The molecule has 0 aromatic rings. The Bertz CT molecular complexity index is 141. The Morgan fingerprint density at radius 2 is 2.00 bits per heavy atom. The van der Waals surface area contributed by atoms with Crippen LogP contribution < -0.4 is 18.9 Å². The fourth-order valence-electron chi connectivity index (χ4n) is 1.09. The number of allylic oxidation sites excluding steroid dienone is 2. The van der Waals surface area contributed by atoms with Crippen molar-refractivity contribution in [1.82, 2.24) is 0 Å². The molecule has 0 heterocycles. The van der Waals surface area contributed by atoms with E-state index in [2.05, 4.69) is 13.8 Å². The second-order valence-electron chi connectivity index (χ2n) is 3.09. The quantitative estimate of drug-likeness (QED) is 0.254. The molecule has 0 aromatic carbocycles. The average molecular weight is 173 g/mol. The Kier molecular flexibility index (Phi) is 14.0. The third-order valence-electron chi connectivity index (χ3n) is 1.86. The minimum atomic E-state index is 0. The largest absolute Gasteiger partial charge is 1.00 e. The Labute approximate surface area is 94.7 Å². The van der Waals surface area contributed by atoms with Crippen molar-refractivity contribution >= 4 is 5.71 Å². The predicted octanol–water partition coefficient (Wildman–Crippen LogP) is 0.761. The second-order valence-corrected chi connectivity index (χ2v) is 3.09. The van der Waals surface area contributed by atoms with Gasteiger partial charge in [-0.05, 0) is 18.6 Å². The van der Waals surface area contributed by atoms with Crippen LogP contribution in [0.15, 0.2) is 12.2 Å². The first-order chi connectivity index (χ1) is 5.81. The molecule has 0 spiro atoms. The third-order valence-corrected chi connectivity index (χ3v) is 1.86. The number of unbranched alkanes of at least 4 members (excludes halogenated alkanes) is 3. The summed E-state index contributed by atoms with van der Waals surface area (Å²) >= 11 is 0. The van der Waals surface area contributed by atoms with Gasteiger partial charge in [-0.3, -0.25) is 0 Å². The molecule has 0 amide bonds. The molecule has 1 nitrogen and oxygen atoms in total. The van der Waals surface area contributed by atoms with Gasteiger partial charge >= 0.3 is 18.9 Å². The average Bonchev–Trinajstić information content (AvgIpc) is 2.09. The van der Waals surface area contributed by atoms with Crippen molar-refractivity contribution in [3.63, 3.8) is 0 Å². The number of nitrogens with one attached hydrogen (secondary N) is 1. The smallest absolute Gasteiger partial charge is 0.311 e. The van der Waals surface area contributed by atoms with Crippen LogP contribution in [0.25, 0.3) is 0 Å². The molecule has 0 aliphatic carbocycles. The molecule has 0 saturated heterocycles. The maximum Gasteiger partial charge on any atom is 1.00 e. The monoisotopic (exact) mass is 173 g/mol. The van der Waals surface area contributed by atoms with E-state index in [4.69, 9.17) is 5.41 Å². The summed E-state index contributed by atoms with van der Waals surface area (Å²) in [6.45, 7) is 5.80. The molecule has 0 aliphatic heterocycles. The first-order valence-electron chi connectivity index (χ1n) is 4.81. The summed E-state index contributed by atoms with van der Waals surface area (Å²) in [4.78, 5) is 0. The topological polar surface area (TPSA) is 23.9 Å². The predicted molar refractivity (Wildman–Crippen MR) is 55.6 cm³/mol. The van der Waals surface area contributed by atoms with Gasteiger partial charge in [-0.2, -0.15) is 0 Å². The SMILES string of the molecule is [CH2-]C=CCC(=N)CCCCCC.[Li+]. The van der Waals surface area contributed by atoms with Gasteiger partial charge in [0.2, 0.25) is 0 Å². The Hall–Kier alpha value is -0.123. The zero-order valence-electron chi connectivity index (χ0n) is 9.10. The van der Waals surface area contributed by atoms with E-state index in [0.29, 0.717) is 0 Å². The minimum absolute atomic E-state index is 0. The maximum absolute atomic E-state index is 7.55. The van der Waals surface area contributed by atoms with Gasteiger partial charge in [0.05, 0.1) is 0 Å². The van der Waals surface area contributed by atoms with Gasteiger partial charge < -0.3 is 5.41 Å². The van der Waals surface area contributed by atoms with Crippen LogP contribution in [0.3, 0.4) is 0 Å². The van der Waals surface area contributed by atoms with Crippen molar-refractivity contribution in [3.05, 3.63) is 19.1 Å². The minimum Gasteiger partial charge on any atom is -0.311 e. The molecule has 0 saturated carbocycles. The number of rotatable bonds is 7.